The molecule has 3 N–H and O–H groups in total. The fourth-order valence-electron chi connectivity index (χ4n) is 3.65. The fourth-order valence-corrected chi connectivity index (χ4v) is 3.65. The van der Waals surface area contributed by atoms with E-state index in [0.29, 0.717) is 23.3 Å². The summed E-state index contributed by atoms with van der Waals surface area (Å²) in [6, 6.07) is 9.16. The minimum atomic E-state index is -0.786. The van der Waals surface area contributed by atoms with E-state index < -0.39 is 30.0 Å². The van der Waals surface area contributed by atoms with Crippen molar-refractivity contribution in [1.82, 2.24) is 19.5 Å². The van der Waals surface area contributed by atoms with Crippen molar-refractivity contribution >= 4 is 22.9 Å². The number of ether oxygens (including phenoxy) is 2. The van der Waals surface area contributed by atoms with Crippen LogP contribution < -0.4 is 10.1 Å². The molecule has 2 aromatic heterocycles. The molecule has 0 saturated carbocycles. The van der Waals surface area contributed by atoms with Crippen molar-refractivity contribution < 1.29 is 24.5 Å². The Kier molecular flexibility index (Phi) is 6.09. The molecule has 1 amide bonds. The van der Waals surface area contributed by atoms with E-state index in [4.69, 9.17) is 9.47 Å². The van der Waals surface area contributed by atoms with E-state index in [2.05, 4.69) is 20.3 Å². The molecule has 0 radical (unpaired) electrons. The van der Waals surface area contributed by atoms with E-state index in [0.717, 1.165) is 0 Å². The molecular weight excluding hydrogens is 414 g/mol. The van der Waals surface area contributed by atoms with Crippen molar-refractivity contribution in [3.63, 3.8) is 0 Å². The molecule has 10 nitrogen and oxygen atoms in total. The lowest BCUT2D eigenvalue weighted by Crippen LogP contribution is -2.43. The molecule has 2 unspecified atom stereocenters. The van der Waals surface area contributed by atoms with Gasteiger partial charge in [-0.25, -0.2) is 15.0 Å². The van der Waals surface area contributed by atoms with Gasteiger partial charge in [-0.2, -0.15) is 0 Å². The molecule has 3 aromatic rings. The third-order valence-corrected chi connectivity index (χ3v) is 5.32. The number of rotatable bonds is 6. The molecule has 4 rings (SSSR count). The molecule has 1 saturated heterocycles. The number of benzene rings is 1. The van der Waals surface area contributed by atoms with Gasteiger partial charge in [0.15, 0.2) is 23.1 Å². The summed E-state index contributed by atoms with van der Waals surface area (Å²) in [5.41, 5.74) is 0.347. The zero-order chi connectivity index (χ0) is 22.9. The number of aliphatic hydroxyl groups excluding tert-OH is 2. The SMILES string of the molecule is CC(C)(C)C(Oc1ccccc1)C(=O)Nc1ncnc2c1ncn2[C@H]1CC(O)[C@@H](CO)O1. The number of imidazole rings is 1. The smallest absolute Gasteiger partial charge is 0.267 e. The van der Waals surface area contributed by atoms with Crippen LogP contribution in [-0.2, 0) is 9.53 Å². The quantitative estimate of drug-likeness (QED) is 0.529. The summed E-state index contributed by atoms with van der Waals surface area (Å²) < 4.78 is 13.4. The minimum Gasteiger partial charge on any atom is -0.480 e. The molecule has 1 aliphatic rings. The molecule has 1 aromatic carbocycles. The van der Waals surface area contributed by atoms with Gasteiger partial charge < -0.3 is 25.0 Å². The summed E-state index contributed by atoms with van der Waals surface area (Å²) in [6.07, 6.45) is 0.375. The minimum absolute atomic E-state index is 0.252. The maximum atomic E-state index is 13.2. The first-order valence-electron chi connectivity index (χ1n) is 10.4. The maximum Gasteiger partial charge on any atom is 0.267 e. The molecule has 0 bridgehead atoms. The van der Waals surface area contributed by atoms with Crippen LogP contribution in [0.25, 0.3) is 11.2 Å². The average Bonchev–Trinajstić information content (AvgIpc) is 3.35. The van der Waals surface area contributed by atoms with Crippen LogP contribution in [0.1, 0.15) is 33.4 Å². The second kappa shape index (κ2) is 8.81. The van der Waals surface area contributed by atoms with Crippen molar-refractivity contribution in [2.24, 2.45) is 5.41 Å². The number of aliphatic hydroxyl groups is 2. The van der Waals surface area contributed by atoms with Gasteiger partial charge in [0.05, 0.1) is 19.0 Å². The predicted octanol–water partition coefficient (Wildman–Crippen LogP) is 1.90. The van der Waals surface area contributed by atoms with E-state index in [9.17, 15) is 15.0 Å². The molecule has 1 fully saturated rings. The lowest BCUT2D eigenvalue weighted by atomic mass is 9.88. The van der Waals surface area contributed by atoms with Crippen LogP contribution in [0.3, 0.4) is 0 Å². The van der Waals surface area contributed by atoms with Crippen LogP contribution in [-0.4, -0.2) is 60.6 Å². The van der Waals surface area contributed by atoms with Gasteiger partial charge in [-0.15, -0.1) is 0 Å². The number of amides is 1. The summed E-state index contributed by atoms with van der Waals surface area (Å²) in [5.74, 6) is 0.487. The number of anilines is 1. The van der Waals surface area contributed by atoms with E-state index in [1.54, 1.807) is 16.7 Å². The van der Waals surface area contributed by atoms with Crippen LogP contribution in [0.5, 0.6) is 5.75 Å². The molecule has 0 aliphatic carbocycles. The van der Waals surface area contributed by atoms with Gasteiger partial charge in [0.1, 0.15) is 24.4 Å². The third kappa shape index (κ3) is 4.43. The number of hydrogen-bond donors (Lipinski definition) is 3. The third-order valence-electron chi connectivity index (χ3n) is 5.32. The largest absolute Gasteiger partial charge is 0.480 e. The normalized spacial score (nSPS) is 22.1. The summed E-state index contributed by atoms with van der Waals surface area (Å²) in [4.78, 5) is 26.0. The van der Waals surface area contributed by atoms with Crippen LogP contribution in [0, 0.1) is 5.41 Å². The first-order chi connectivity index (χ1) is 15.3. The van der Waals surface area contributed by atoms with Gasteiger partial charge in [0.25, 0.3) is 5.91 Å². The summed E-state index contributed by atoms with van der Waals surface area (Å²) in [7, 11) is 0. The Labute approximate surface area is 185 Å². The van der Waals surface area contributed by atoms with Crippen LogP contribution in [0.4, 0.5) is 5.82 Å². The van der Waals surface area contributed by atoms with E-state index in [-0.39, 0.29) is 18.3 Å². The van der Waals surface area contributed by atoms with Crippen LogP contribution in [0.15, 0.2) is 43.0 Å². The van der Waals surface area contributed by atoms with E-state index in [1.807, 2.05) is 39.0 Å². The van der Waals surface area contributed by atoms with Crippen LogP contribution in [0.2, 0.25) is 0 Å². The number of nitrogens with one attached hydrogen (secondary N) is 1. The van der Waals surface area contributed by atoms with Gasteiger partial charge in [-0.3, -0.25) is 9.36 Å². The number of carbonyl (C=O) groups is 1. The van der Waals surface area contributed by atoms with Gasteiger partial charge in [-0.05, 0) is 12.1 Å². The molecule has 170 valence electrons. The van der Waals surface area contributed by atoms with Gasteiger partial charge in [0, 0.05) is 11.8 Å². The number of carbonyl (C=O) groups excluding carboxylic acids is 1. The topological polar surface area (TPSA) is 132 Å². The Hall–Kier alpha value is -3.08. The highest BCUT2D eigenvalue weighted by molar-refractivity contribution is 5.99. The molecule has 32 heavy (non-hydrogen) atoms. The number of fused-ring (bicyclic) bond motifs is 1. The monoisotopic (exact) mass is 441 g/mol. The molecule has 0 spiro atoms. The first kappa shape index (κ1) is 22.1. The number of hydrogen-bond acceptors (Lipinski definition) is 8. The standard InChI is InChI=1S/C22H27N5O5/c1-22(2,3)18(31-13-7-5-4-6-8-13)21(30)26-19-17-20(24-11-23-19)27(12-25-17)16-9-14(29)15(10-28)32-16/h4-8,11-12,14-16,18,28-29H,9-10H2,1-3H3,(H,23,24,26,30)/t14?,15-,16-,18?/m1/s1. The number of nitrogens with zero attached hydrogens (tertiary/aromatic N) is 4. The Morgan fingerprint density at radius 1 is 1.28 bits per heavy atom. The van der Waals surface area contributed by atoms with Gasteiger partial charge in [-0.1, -0.05) is 39.0 Å². The Bertz CT molecular complexity index is 1080. The second-order valence-electron chi connectivity index (χ2n) is 8.83. The van der Waals surface area contributed by atoms with Crippen molar-refractivity contribution in [1.29, 1.82) is 0 Å². The average molecular weight is 441 g/mol. The van der Waals surface area contributed by atoms with Gasteiger partial charge in [0.2, 0.25) is 0 Å². The molecule has 1 aliphatic heterocycles. The predicted molar refractivity (Wildman–Crippen MR) is 116 cm³/mol. The second-order valence-corrected chi connectivity index (χ2v) is 8.83. The zero-order valence-electron chi connectivity index (χ0n) is 18.2. The molecule has 10 heteroatoms. The fraction of sp³-hybridized carbons (Fsp3) is 0.455. The Morgan fingerprint density at radius 3 is 2.69 bits per heavy atom. The summed E-state index contributed by atoms with van der Waals surface area (Å²) >= 11 is 0. The first-order valence-corrected chi connectivity index (χ1v) is 10.4. The Balaban J connectivity index is 1.58. The summed E-state index contributed by atoms with van der Waals surface area (Å²) in [6.45, 7) is 5.48. The lowest BCUT2D eigenvalue weighted by molar-refractivity contribution is -0.127. The van der Waals surface area contributed by atoms with Crippen molar-refractivity contribution in [2.45, 2.75) is 51.7 Å². The van der Waals surface area contributed by atoms with Gasteiger partial charge >= 0.3 is 0 Å². The molecule has 3 heterocycles. The lowest BCUT2D eigenvalue weighted by Gasteiger charge is -2.29. The van der Waals surface area contributed by atoms with Crippen molar-refractivity contribution in [3.05, 3.63) is 43.0 Å². The highest BCUT2D eigenvalue weighted by atomic mass is 16.5. The van der Waals surface area contributed by atoms with E-state index in [1.165, 1.54) is 12.7 Å². The Morgan fingerprint density at radius 2 is 2.03 bits per heavy atom. The van der Waals surface area contributed by atoms with Crippen molar-refractivity contribution in [3.8, 4) is 5.75 Å². The molecular formula is C22H27N5O5. The van der Waals surface area contributed by atoms with Crippen molar-refractivity contribution in [2.75, 3.05) is 11.9 Å². The molecule has 4 atom stereocenters. The van der Waals surface area contributed by atoms with E-state index >= 15 is 0 Å². The highest BCUT2D eigenvalue weighted by Gasteiger charge is 2.36. The summed E-state index contributed by atoms with van der Waals surface area (Å²) in [5, 5.41) is 22.2. The van der Waals surface area contributed by atoms with Crippen LogP contribution >= 0.6 is 0 Å². The highest BCUT2D eigenvalue weighted by Crippen LogP contribution is 2.32. The zero-order valence-corrected chi connectivity index (χ0v) is 18.2. The maximum absolute atomic E-state index is 13.2. The number of para-hydroxylation sites is 1. The number of aromatic nitrogens is 4.